The molecule has 3 heterocycles. The van der Waals surface area contributed by atoms with Gasteiger partial charge in [0.15, 0.2) is 0 Å². The number of carbonyl (C=O) groups excluding carboxylic acids is 1. The Morgan fingerprint density at radius 2 is 2.00 bits per heavy atom. The molecule has 5 rings (SSSR count). The Labute approximate surface area is 170 Å². The average Bonchev–Trinajstić information content (AvgIpc) is 3.38. The van der Waals surface area contributed by atoms with E-state index in [2.05, 4.69) is 22.0 Å². The van der Waals surface area contributed by atoms with Crippen molar-refractivity contribution in [1.29, 1.82) is 0 Å². The van der Waals surface area contributed by atoms with Crippen LogP contribution in [0.5, 0.6) is 0 Å². The van der Waals surface area contributed by atoms with Crippen LogP contribution < -0.4 is 4.90 Å². The van der Waals surface area contributed by atoms with Gasteiger partial charge in [0.25, 0.3) is 0 Å². The second-order valence-corrected chi connectivity index (χ2v) is 8.87. The van der Waals surface area contributed by atoms with Crippen LogP contribution in [0.4, 0.5) is 5.69 Å². The van der Waals surface area contributed by atoms with E-state index >= 15 is 0 Å². The number of carboxylic acids is 1. The number of ether oxygens (including phenoxy) is 1. The van der Waals surface area contributed by atoms with Crippen molar-refractivity contribution < 1.29 is 19.4 Å². The fraction of sp³-hybridized carbons (Fsp3) is 0.591. The molecule has 4 aliphatic rings. The molecule has 154 valence electrons. The highest BCUT2D eigenvalue weighted by atomic mass is 16.5. The number of pyridine rings is 1. The smallest absolute Gasteiger partial charge is 0.354 e. The molecule has 1 aromatic rings. The SMILES string of the molecule is O=C(O)c1cc(N2CCOC3(CCN(C(=O)[C@H]4C[C@@H]5C=C[C@H]4C5)CC3)C2)ccn1. The van der Waals surface area contributed by atoms with Crippen LogP contribution in [0.25, 0.3) is 0 Å². The summed E-state index contributed by atoms with van der Waals surface area (Å²) in [7, 11) is 0. The Morgan fingerprint density at radius 3 is 2.69 bits per heavy atom. The molecule has 1 N–H and O–H groups in total. The molecule has 2 aliphatic heterocycles. The van der Waals surface area contributed by atoms with Crippen molar-refractivity contribution >= 4 is 17.6 Å². The number of piperidine rings is 1. The summed E-state index contributed by atoms with van der Waals surface area (Å²) in [5.74, 6) is 0.534. The number of nitrogens with zero attached hydrogens (tertiary/aromatic N) is 3. The summed E-state index contributed by atoms with van der Waals surface area (Å²) in [6.07, 6.45) is 9.87. The minimum absolute atomic E-state index is 0.0587. The van der Waals surface area contributed by atoms with Gasteiger partial charge < -0.3 is 19.6 Å². The third-order valence-electron chi connectivity index (χ3n) is 7.16. The lowest BCUT2D eigenvalue weighted by Gasteiger charge is -2.48. The Balaban J connectivity index is 1.23. The second kappa shape index (κ2) is 7.13. The average molecular weight is 397 g/mol. The molecule has 2 aliphatic carbocycles. The summed E-state index contributed by atoms with van der Waals surface area (Å²) >= 11 is 0. The van der Waals surface area contributed by atoms with E-state index in [0.29, 0.717) is 24.3 Å². The molecule has 0 aromatic carbocycles. The predicted octanol–water partition coefficient (Wildman–Crippen LogP) is 2.19. The van der Waals surface area contributed by atoms with Crippen molar-refractivity contribution in [2.24, 2.45) is 17.8 Å². The van der Waals surface area contributed by atoms with Crippen molar-refractivity contribution in [3.63, 3.8) is 0 Å². The lowest BCUT2D eigenvalue weighted by molar-refractivity contribution is -0.144. The van der Waals surface area contributed by atoms with Crippen molar-refractivity contribution in [3.8, 4) is 0 Å². The van der Waals surface area contributed by atoms with E-state index < -0.39 is 5.97 Å². The Kier molecular flexibility index (Phi) is 4.57. The van der Waals surface area contributed by atoms with Crippen LogP contribution in [-0.2, 0) is 9.53 Å². The Hall–Kier alpha value is -2.41. The number of carboxylic acid groups (broad SMARTS) is 1. The Bertz CT molecular complexity index is 846. The van der Waals surface area contributed by atoms with Gasteiger partial charge in [-0.15, -0.1) is 0 Å². The van der Waals surface area contributed by atoms with Gasteiger partial charge in [-0.3, -0.25) is 4.79 Å². The van der Waals surface area contributed by atoms with Crippen LogP contribution in [0.15, 0.2) is 30.5 Å². The number of aromatic nitrogens is 1. The van der Waals surface area contributed by atoms with E-state index in [-0.39, 0.29) is 17.2 Å². The van der Waals surface area contributed by atoms with Crippen LogP contribution in [0.1, 0.15) is 36.2 Å². The standard InChI is InChI=1S/C22H27N3O4/c26-20(18-12-15-1-2-16(18)11-15)24-7-4-22(5-8-24)14-25(9-10-29-22)17-3-6-23-19(13-17)21(27)28/h1-3,6,13,15-16,18H,4-5,7-12,14H2,(H,27,28)/t15-,16+,18+/m1/s1. The van der Waals surface area contributed by atoms with Gasteiger partial charge >= 0.3 is 5.97 Å². The van der Waals surface area contributed by atoms with Gasteiger partial charge in [-0.2, -0.15) is 0 Å². The first-order valence-corrected chi connectivity index (χ1v) is 10.6. The monoisotopic (exact) mass is 397 g/mol. The van der Waals surface area contributed by atoms with Gasteiger partial charge in [-0.1, -0.05) is 12.2 Å². The summed E-state index contributed by atoms with van der Waals surface area (Å²) in [5, 5.41) is 9.21. The molecular weight excluding hydrogens is 370 g/mol. The molecule has 2 bridgehead atoms. The number of rotatable bonds is 3. The van der Waals surface area contributed by atoms with Gasteiger partial charge in [0.1, 0.15) is 5.69 Å². The summed E-state index contributed by atoms with van der Waals surface area (Å²) in [5.41, 5.74) is 0.659. The molecule has 0 unspecified atom stereocenters. The predicted molar refractivity (Wildman–Crippen MR) is 107 cm³/mol. The number of amides is 1. The van der Waals surface area contributed by atoms with Crippen LogP contribution in [0, 0.1) is 17.8 Å². The number of likely N-dealkylation sites (tertiary alicyclic amines) is 1. The largest absolute Gasteiger partial charge is 0.477 e. The first-order valence-electron chi connectivity index (χ1n) is 10.6. The van der Waals surface area contributed by atoms with E-state index in [0.717, 1.165) is 57.5 Å². The zero-order valence-electron chi connectivity index (χ0n) is 16.5. The number of hydrogen-bond donors (Lipinski definition) is 1. The van der Waals surface area contributed by atoms with Gasteiger partial charge in [-0.05, 0) is 49.7 Å². The summed E-state index contributed by atoms with van der Waals surface area (Å²) in [6.45, 7) is 3.53. The minimum atomic E-state index is -1.02. The molecule has 1 saturated carbocycles. The van der Waals surface area contributed by atoms with Crippen molar-refractivity contribution in [3.05, 3.63) is 36.2 Å². The first-order chi connectivity index (χ1) is 14.0. The first kappa shape index (κ1) is 18.6. The lowest BCUT2D eigenvalue weighted by Crippen LogP contribution is -2.58. The quantitative estimate of drug-likeness (QED) is 0.788. The molecule has 1 aromatic heterocycles. The van der Waals surface area contributed by atoms with Crippen molar-refractivity contribution in [2.75, 3.05) is 37.7 Å². The normalized spacial score (nSPS) is 30.1. The maximum Gasteiger partial charge on any atom is 0.354 e. The summed E-state index contributed by atoms with van der Waals surface area (Å²) in [6, 6.07) is 3.48. The van der Waals surface area contributed by atoms with E-state index in [1.807, 2.05) is 11.0 Å². The maximum absolute atomic E-state index is 13.0. The fourth-order valence-corrected chi connectivity index (χ4v) is 5.53. The Morgan fingerprint density at radius 1 is 1.17 bits per heavy atom. The number of anilines is 1. The van der Waals surface area contributed by atoms with Crippen LogP contribution in [-0.4, -0.2) is 65.3 Å². The fourth-order valence-electron chi connectivity index (χ4n) is 5.53. The van der Waals surface area contributed by atoms with Gasteiger partial charge in [0.2, 0.25) is 5.91 Å². The maximum atomic E-state index is 13.0. The molecule has 1 amide bonds. The van der Waals surface area contributed by atoms with Gasteiger partial charge in [-0.25, -0.2) is 9.78 Å². The van der Waals surface area contributed by atoms with Crippen molar-refractivity contribution in [2.45, 2.75) is 31.3 Å². The molecule has 3 fully saturated rings. The topological polar surface area (TPSA) is 83.0 Å². The molecule has 3 atom stereocenters. The van der Waals surface area contributed by atoms with E-state index in [9.17, 15) is 14.7 Å². The number of aromatic carboxylic acids is 1. The number of allylic oxidation sites excluding steroid dienone is 2. The molecule has 1 spiro atoms. The van der Waals surface area contributed by atoms with E-state index in [1.165, 1.54) is 0 Å². The molecule has 0 radical (unpaired) electrons. The minimum Gasteiger partial charge on any atom is -0.477 e. The molecule has 29 heavy (non-hydrogen) atoms. The highest BCUT2D eigenvalue weighted by molar-refractivity contribution is 5.86. The van der Waals surface area contributed by atoms with Crippen LogP contribution in [0.2, 0.25) is 0 Å². The zero-order chi connectivity index (χ0) is 20.0. The van der Waals surface area contributed by atoms with Crippen molar-refractivity contribution in [1.82, 2.24) is 9.88 Å². The number of carbonyl (C=O) groups is 2. The third-order valence-corrected chi connectivity index (χ3v) is 7.16. The number of fused-ring (bicyclic) bond motifs is 2. The van der Waals surface area contributed by atoms with Crippen LogP contribution >= 0.6 is 0 Å². The molecule has 2 saturated heterocycles. The van der Waals surface area contributed by atoms with Gasteiger partial charge in [0, 0.05) is 44.0 Å². The second-order valence-electron chi connectivity index (χ2n) is 8.87. The summed E-state index contributed by atoms with van der Waals surface area (Å²) in [4.78, 5) is 32.4. The van der Waals surface area contributed by atoms with Gasteiger partial charge in [0.05, 0.1) is 12.2 Å². The number of hydrogen-bond acceptors (Lipinski definition) is 5. The highest BCUT2D eigenvalue weighted by Crippen LogP contribution is 2.44. The number of morpholine rings is 1. The lowest BCUT2D eigenvalue weighted by atomic mass is 9.87. The van der Waals surface area contributed by atoms with E-state index in [4.69, 9.17) is 4.74 Å². The summed E-state index contributed by atoms with van der Waals surface area (Å²) < 4.78 is 6.22. The molecule has 7 nitrogen and oxygen atoms in total. The molecule has 7 heteroatoms. The zero-order valence-corrected chi connectivity index (χ0v) is 16.5. The molecular formula is C22H27N3O4. The van der Waals surface area contributed by atoms with Crippen LogP contribution in [0.3, 0.4) is 0 Å². The van der Waals surface area contributed by atoms with E-state index in [1.54, 1.807) is 12.3 Å². The third kappa shape index (κ3) is 3.41. The highest BCUT2D eigenvalue weighted by Gasteiger charge is 2.45.